The Hall–Kier alpha value is -1.01. The van der Waals surface area contributed by atoms with Crippen LogP contribution in [-0.4, -0.2) is 50.2 Å². The summed E-state index contributed by atoms with van der Waals surface area (Å²) in [5.41, 5.74) is 7.65. The fourth-order valence-corrected chi connectivity index (χ4v) is 2.28. The normalized spacial score (nSPS) is 14.5. The predicted octanol–water partition coefficient (Wildman–Crippen LogP) is 1.49. The van der Waals surface area contributed by atoms with Gasteiger partial charge in [-0.3, -0.25) is 9.69 Å². The highest BCUT2D eigenvalue weighted by Crippen LogP contribution is 2.12. The SMILES string of the molecule is Cl.Cl.Nc1ccccc1CCC(=O)NCCN1CCOCC1. The summed E-state index contributed by atoms with van der Waals surface area (Å²) in [6, 6.07) is 7.69. The van der Waals surface area contributed by atoms with Gasteiger partial charge in [0.05, 0.1) is 13.2 Å². The molecule has 2 rings (SSSR count). The van der Waals surface area contributed by atoms with Gasteiger partial charge in [0.15, 0.2) is 0 Å². The number of nitrogens with one attached hydrogen (secondary N) is 1. The van der Waals surface area contributed by atoms with E-state index in [1.807, 2.05) is 24.3 Å². The quantitative estimate of drug-likeness (QED) is 0.763. The first-order valence-electron chi connectivity index (χ1n) is 7.16. The summed E-state index contributed by atoms with van der Waals surface area (Å²) in [5, 5.41) is 2.96. The topological polar surface area (TPSA) is 67.6 Å². The maximum absolute atomic E-state index is 11.8. The van der Waals surface area contributed by atoms with Crippen molar-refractivity contribution in [3.63, 3.8) is 0 Å². The van der Waals surface area contributed by atoms with E-state index in [-0.39, 0.29) is 30.7 Å². The van der Waals surface area contributed by atoms with Gasteiger partial charge in [0, 0.05) is 38.3 Å². The average molecular weight is 350 g/mol. The van der Waals surface area contributed by atoms with Gasteiger partial charge in [-0.05, 0) is 18.1 Å². The number of morpholine rings is 1. The number of hydrogen-bond acceptors (Lipinski definition) is 4. The van der Waals surface area contributed by atoms with Crippen LogP contribution in [0.4, 0.5) is 5.69 Å². The Bertz CT molecular complexity index is 441. The summed E-state index contributed by atoms with van der Waals surface area (Å²) < 4.78 is 5.29. The molecule has 0 atom stereocenters. The van der Waals surface area contributed by atoms with Gasteiger partial charge in [-0.25, -0.2) is 0 Å². The molecule has 1 aliphatic rings. The summed E-state index contributed by atoms with van der Waals surface area (Å²) in [4.78, 5) is 14.1. The smallest absolute Gasteiger partial charge is 0.220 e. The molecule has 0 unspecified atom stereocenters. The Kier molecular flexibility index (Phi) is 11.0. The molecule has 3 N–H and O–H groups in total. The summed E-state index contributed by atoms with van der Waals surface area (Å²) in [5.74, 6) is 0.0847. The molecule has 126 valence electrons. The molecule has 0 bridgehead atoms. The minimum absolute atomic E-state index is 0. The highest BCUT2D eigenvalue weighted by molar-refractivity contribution is 5.85. The average Bonchev–Trinajstić information content (AvgIpc) is 2.47. The van der Waals surface area contributed by atoms with Gasteiger partial charge < -0.3 is 15.8 Å². The van der Waals surface area contributed by atoms with E-state index < -0.39 is 0 Å². The molecule has 0 aliphatic carbocycles. The second kappa shape index (κ2) is 11.5. The van der Waals surface area contributed by atoms with Crippen LogP contribution in [0.25, 0.3) is 0 Å². The van der Waals surface area contributed by atoms with Crippen LogP contribution in [0.1, 0.15) is 12.0 Å². The molecule has 22 heavy (non-hydrogen) atoms. The van der Waals surface area contributed by atoms with Gasteiger partial charge in [-0.1, -0.05) is 18.2 Å². The number of carbonyl (C=O) groups excluding carboxylic acids is 1. The van der Waals surface area contributed by atoms with Crippen molar-refractivity contribution in [2.45, 2.75) is 12.8 Å². The zero-order chi connectivity index (χ0) is 14.2. The number of rotatable bonds is 6. The van der Waals surface area contributed by atoms with Crippen molar-refractivity contribution in [2.24, 2.45) is 0 Å². The fourth-order valence-electron chi connectivity index (χ4n) is 2.28. The first-order valence-corrected chi connectivity index (χ1v) is 7.16. The first-order chi connectivity index (χ1) is 9.75. The van der Waals surface area contributed by atoms with Crippen molar-refractivity contribution in [1.82, 2.24) is 10.2 Å². The molecule has 1 aromatic rings. The minimum atomic E-state index is 0. The van der Waals surface area contributed by atoms with Crippen LogP contribution in [0.3, 0.4) is 0 Å². The summed E-state index contributed by atoms with van der Waals surface area (Å²) in [7, 11) is 0. The van der Waals surface area contributed by atoms with Gasteiger partial charge in [0.2, 0.25) is 5.91 Å². The number of nitrogens with zero attached hydrogens (tertiary/aromatic N) is 1. The maximum Gasteiger partial charge on any atom is 0.220 e. The number of nitrogens with two attached hydrogens (primary N) is 1. The van der Waals surface area contributed by atoms with Crippen molar-refractivity contribution >= 4 is 36.4 Å². The molecule has 1 aromatic carbocycles. The molecule has 0 radical (unpaired) electrons. The zero-order valence-electron chi connectivity index (χ0n) is 12.6. The largest absolute Gasteiger partial charge is 0.399 e. The Balaban J connectivity index is 0.00000220. The van der Waals surface area contributed by atoms with Gasteiger partial charge in [0.25, 0.3) is 0 Å². The number of benzene rings is 1. The van der Waals surface area contributed by atoms with Crippen LogP contribution in [0, 0.1) is 0 Å². The molecule has 0 saturated carbocycles. The molecule has 1 aliphatic heterocycles. The molecular formula is C15H25Cl2N3O2. The van der Waals surface area contributed by atoms with Crippen LogP contribution in [0.15, 0.2) is 24.3 Å². The van der Waals surface area contributed by atoms with E-state index in [0.717, 1.165) is 44.1 Å². The Morgan fingerprint density at radius 1 is 1.23 bits per heavy atom. The molecule has 5 nitrogen and oxygen atoms in total. The van der Waals surface area contributed by atoms with Crippen molar-refractivity contribution in [3.05, 3.63) is 29.8 Å². The lowest BCUT2D eigenvalue weighted by Gasteiger charge is -2.26. The zero-order valence-corrected chi connectivity index (χ0v) is 14.3. The van der Waals surface area contributed by atoms with E-state index in [0.29, 0.717) is 19.4 Å². The van der Waals surface area contributed by atoms with Crippen LogP contribution >= 0.6 is 24.8 Å². The monoisotopic (exact) mass is 349 g/mol. The maximum atomic E-state index is 11.8. The van der Waals surface area contributed by atoms with Crippen LogP contribution in [0.5, 0.6) is 0 Å². The highest BCUT2D eigenvalue weighted by atomic mass is 35.5. The summed E-state index contributed by atoms with van der Waals surface area (Å²) >= 11 is 0. The molecule has 1 amide bonds. The van der Waals surface area contributed by atoms with Gasteiger partial charge in [-0.15, -0.1) is 24.8 Å². The van der Waals surface area contributed by atoms with Crippen LogP contribution in [-0.2, 0) is 16.0 Å². The van der Waals surface area contributed by atoms with Crippen molar-refractivity contribution in [2.75, 3.05) is 45.1 Å². The van der Waals surface area contributed by atoms with Crippen LogP contribution < -0.4 is 11.1 Å². The van der Waals surface area contributed by atoms with E-state index in [2.05, 4.69) is 10.2 Å². The lowest BCUT2D eigenvalue weighted by Crippen LogP contribution is -2.41. The third-order valence-electron chi connectivity index (χ3n) is 3.53. The molecule has 1 heterocycles. The van der Waals surface area contributed by atoms with Gasteiger partial charge in [-0.2, -0.15) is 0 Å². The highest BCUT2D eigenvalue weighted by Gasteiger charge is 2.10. The van der Waals surface area contributed by atoms with E-state index >= 15 is 0 Å². The Labute approximate surface area is 144 Å². The molecular weight excluding hydrogens is 325 g/mol. The number of halogens is 2. The summed E-state index contributed by atoms with van der Waals surface area (Å²) in [6.45, 7) is 5.08. The van der Waals surface area contributed by atoms with Gasteiger partial charge in [0.1, 0.15) is 0 Å². The number of para-hydroxylation sites is 1. The molecule has 1 fully saturated rings. The Morgan fingerprint density at radius 3 is 2.59 bits per heavy atom. The number of anilines is 1. The third kappa shape index (κ3) is 7.31. The number of ether oxygens (including phenoxy) is 1. The summed E-state index contributed by atoms with van der Waals surface area (Å²) in [6.07, 6.45) is 1.17. The first kappa shape index (κ1) is 21.0. The standard InChI is InChI=1S/C15H23N3O2.2ClH/c16-14-4-2-1-3-13(14)5-6-15(19)17-7-8-18-9-11-20-12-10-18;;/h1-4H,5-12,16H2,(H,17,19);2*1H. The predicted molar refractivity (Wildman–Crippen MR) is 93.9 cm³/mol. The van der Waals surface area contributed by atoms with Crippen molar-refractivity contribution in [3.8, 4) is 0 Å². The lowest BCUT2D eigenvalue weighted by atomic mass is 10.1. The van der Waals surface area contributed by atoms with E-state index in [4.69, 9.17) is 10.5 Å². The van der Waals surface area contributed by atoms with Crippen molar-refractivity contribution in [1.29, 1.82) is 0 Å². The number of amides is 1. The minimum Gasteiger partial charge on any atom is -0.399 e. The fraction of sp³-hybridized carbons (Fsp3) is 0.533. The molecule has 7 heteroatoms. The molecule has 0 spiro atoms. The number of nitrogen functional groups attached to an aromatic ring is 1. The second-order valence-corrected chi connectivity index (χ2v) is 5.00. The van der Waals surface area contributed by atoms with E-state index in [1.165, 1.54) is 0 Å². The number of carbonyl (C=O) groups is 1. The molecule has 0 aromatic heterocycles. The van der Waals surface area contributed by atoms with Crippen molar-refractivity contribution < 1.29 is 9.53 Å². The Morgan fingerprint density at radius 2 is 1.91 bits per heavy atom. The number of aryl methyl sites for hydroxylation is 1. The van der Waals surface area contributed by atoms with E-state index in [9.17, 15) is 4.79 Å². The number of hydrogen-bond donors (Lipinski definition) is 2. The van der Waals surface area contributed by atoms with Gasteiger partial charge >= 0.3 is 0 Å². The van der Waals surface area contributed by atoms with Crippen LogP contribution in [0.2, 0.25) is 0 Å². The molecule has 1 saturated heterocycles. The lowest BCUT2D eigenvalue weighted by molar-refractivity contribution is -0.121. The third-order valence-corrected chi connectivity index (χ3v) is 3.53. The van der Waals surface area contributed by atoms with E-state index in [1.54, 1.807) is 0 Å². The second-order valence-electron chi connectivity index (χ2n) is 5.00.